The zero-order chi connectivity index (χ0) is 21.5. The van der Waals surface area contributed by atoms with Gasteiger partial charge in [0.05, 0.1) is 36.5 Å². The van der Waals surface area contributed by atoms with Gasteiger partial charge in [-0.3, -0.25) is 4.79 Å². The quantitative estimate of drug-likeness (QED) is 0.528. The summed E-state index contributed by atoms with van der Waals surface area (Å²) in [5.74, 6) is 0.649. The lowest BCUT2D eigenvalue weighted by molar-refractivity contribution is -0.115. The second-order valence-corrected chi connectivity index (χ2v) is 7.12. The third-order valence-electron chi connectivity index (χ3n) is 4.05. The molecule has 0 aliphatic carbocycles. The van der Waals surface area contributed by atoms with Gasteiger partial charge in [0.2, 0.25) is 0 Å². The van der Waals surface area contributed by atoms with E-state index in [0.717, 1.165) is 5.56 Å². The Hall–Kier alpha value is -3.26. The largest absolute Gasteiger partial charge is 0.493 e. The van der Waals surface area contributed by atoms with Gasteiger partial charge in [-0.25, -0.2) is 9.79 Å². The smallest absolute Gasteiger partial charge is 0.338 e. The van der Waals surface area contributed by atoms with Crippen LogP contribution in [0.4, 0.5) is 5.69 Å². The summed E-state index contributed by atoms with van der Waals surface area (Å²) in [6, 6.07) is 12.2. The summed E-state index contributed by atoms with van der Waals surface area (Å²) in [6.45, 7) is 4.48. The number of esters is 1. The summed E-state index contributed by atoms with van der Waals surface area (Å²) in [5, 5.41) is 3.22. The minimum Gasteiger partial charge on any atom is -0.493 e. The fourth-order valence-corrected chi connectivity index (χ4v) is 3.53. The normalized spacial score (nSPS) is 15.9. The Morgan fingerprint density at radius 3 is 2.53 bits per heavy atom. The van der Waals surface area contributed by atoms with Gasteiger partial charge in [-0.05, 0) is 73.6 Å². The summed E-state index contributed by atoms with van der Waals surface area (Å²) >= 11 is 1.24. The minimum absolute atomic E-state index is 0.226. The third-order valence-corrected chi connectivity index (χ3v) is 4.96. The molecule has 0 aromatic heterocycles. The van der Waals surface area contributed by atoms with E-state index in [2.05, 4.69) is 10.3 Å². The van der Waals surface area contributed by atoms with E-state index in [9.17, 15) is 9.59 Å². The number of aliphatic imine (C=N–C) groups is 1. The van der Waals surface area contributed by atoms with Crippen LogP contribution in [0.5, 0.6) is 11.5 Å². The molecule has 0 radical (unpaired) electrons. The molecule has 1 saturated heterocycles. The molecule has 2 aromatic rings. The van der Waals surface area contributed by atoms with Crippen LogP contribution in [0, 0.1) is 0 Å². The lowest BCUT2D eigenvalue weighted by Crippen LogP contribution is -2.19. The van der Waals surface area contributed by atoms with Crippen molar-refractivity contribution in [2.75, 3.05) is 20.3 Å². The molecule has 0 saturated carbocycles. The molecule has 3 rings (SSSR count). The number of ether oxygens (including phenoxy) is 3. The van der Waals surface area contributed by atoms with Crippen LogP contribution < -0.4 is 14.8 Å². The number of nitrogens with zero attached hydrogens (tertiary/aromatic N) is 1. The number of carbonyl (C=O) groups excluding carboxylic acids is 2. The first-order chi connectivity index (χ1) is 14.5. The number of amidine groups is 1. The molecule has 1 amide bonds. The molecule has 8 heteroatoms. The van der Waals surface area contributed by atoms with Crippen LogP contribution in [0.15, 0.2) is 52.4 Å². The molecule has 156 valence electrons. The lowest BCUT2D eigenvalue weighted by Gasteiger charge is -2.09. The van der Waals surface area contributed by atoms with E-state index in [1.54, 1.807) is 50.4 Å². The summed E-state index contributed by atoms with van der Waals surface area (Å²) in [6.07, 6.45) is 1.77. The predicted octanol–water partition coefficient (Wildman–Crippen LogP) is 4.16. The van der Waals surface area contributed by atoms with E-state index in [1.165, 1.54) is 11.8 Å². The highest BCUT2D eigenvalue weighted by Crippen LogP contribution is 2.32. The molecular weight excluding hydrogens is 404 g/mol. The van der Waals surface area contributed by atoms with Crippen LogP contribution in [-0.2, 0) is 9.53 Å². The van der Waals surface area contributed by atoms with Gasteiger partial charge in [-0.1, -0.05) is 6.07 Å². The Kier molecular flexibility index (Phi) is 7.13. The van der Waals surface area contributed by atoms with E-state index >= 15 is 0 Å². The second-order valence-electron chi connectivity index (χ2n) is 6.09. The molecule has 1 N–H and O–H groups in total. The molecule has 1 heterocycles. The van der Waals surface area contributed by atoms with Crippen LogP contribution in [-0.4, -0.2) is 37.4 Å². The van der Waals surface area contributed by atoms with Gasteiger partial charge >= 0.3 is 5.97 Å². The van der Waals surface area contributed by atoms with Gasteiger partial charge in [0.15, 0.2) is 16.7 Å². The van der Waals surface area contributed by atoms with E-state index in [4.69, 9.17) is 14.2 Å². The molecule has 7 nitrogen and oxygen atoms in total. The Bertz CT molecular complexity index is 999. The molecule has 2 aromatic carbocycles. The highest BCUT2D eigenvalue weighted by molar-refractivity contribution is 8.18. The van der Waals surface area contributed by atoms with Gasteiger partial charge in [-0.2, -0.15) is 0 Å². The maximum absolute atomic E-state index is 12.3. The topological polar surface area (TPSA) is 86.2 Å². The van der Waals surface area contributed by atoms with Crippen LogP contribution in [0.3, 0.4) is 0 Å². The number of rotatable bonds is 7. The van der Waals surface area contributed by atoms with Gasteiger partial charge in [0.25, 0.3) is 5.91 Å². The standard InChI is InChI=1S/C22H22N2O5S/c1-4-28-18-12-14(6-11-17(18)27-3)13-19-20(25)24-22(30-19)23-16-9-7-15(8-10-16)21(26)29-5-2/h6-13H,4-5H2,1-3H3,(H,23,24,25)/b19-13-. The Labute approximate surface area is 179 Å². The predicted molar refractivity (Wildman–Crippen MR) is 117 cm³/mol. The van der Waals surface area contributed by atoms with Crippen LogP contribution in [0.25, 0.3) is 6.08 Å². The first-order valence-electron chi connectivity index (χ1n) is 9.41. The molecule has 1 aliphatic rings. The average molecular weight is 426 g/mol. The number of amides is 1. The summed E-state index contributed by atoms with van der Waals surface area (Å²) < 4.78 is 15.8. The zero-order valence-electron chi connectivity index (χ0n) is 16.9. The first kappa shape index (κ1) is 21.4. The minimum atomic E-state index is -0.378. The molecule has 1 aliphatic heterocycles. The second kappa shape index (κ2) is 9.98. The van der Waals surface area contributed by atoms with Crippen LogP contribution in [0.2, 0.25) is 0 Å². The Balaban J connectivity index is 1.76. The van der Waals surface area contributed by atoms with E-state index in [0.29, 0.717) is 46.0 Å². The van der Waals surface area contributed by atoms with Gasteiger partial charge in [0.1, 0.15) is 0 Å². The highest BCUT2D eigenvalue weighted by Gasteiger charge is 2.24. The summed E-state index contributed by atoms with van der Waals surface area (Å²) in [4.78, 5) is 29.0. The van der Waals surface area contributed by atoms with E-state index in [-0.39, 0.29) is 11.9 Å². The number of nitrogens with one attached hydrogen (secondary N) is 1. The molecule has 0 bridgehead atoms. The van der Waals surface area contributed by atoms with Crippen molar-refractivity contribution in [2.24, 2.45) is 4.99 Å². The molecule has 1 fully saturated rings. The summed E-state index contributed by atoms with van der Waals surface area (Å²) in [7, 11) is 1.58. The third kappa shape index (κ3) is 5.21. The zero-order valence-corrected chi connectivity index (χ0v) is 17.7. The SMILES string of the molecule is CCOC(=O)c1ccc(N=C2NC(=O)/C(=C/c3ccc(OC)c(OCC)c3)S2)cc1. The molecule has 0 unspecified atom stereocenters. The van der Waals surface area contributed by atoms with Crippen molar-refractivity contribution < 1.29 is 23.8 Å². The highest BCUT2D eigenvalue weighted by atomic mass is 32.2. The number of thioether (sulfide) groups is 1. The fraction of sp³-hybridized carbons (Fsp3) is 0.227. The molecule has 0 spiro atoms. The van der Waals surface area contributed by atoms with Crippen LogP contribution in [0.1, 0.15) is 29.8 Å². The summed E-state index contributed by atoms with van der Waals surface area (Å²) in [5.41, 5.74) is 1.89. The first-order valence-corrected chi connectivity index (χ1v) is 10.2. The van der Waals surface area contributed by atoms with E-state index < -0.39 is 0 Å². The monoisotopic (exact) mass is 426 g/mol. The van der Waals surface area contributed by atoms with Gasteiger partial charge < -0.3 is 19.5 Å². The average Bonchev–Trinajstić information content (AvgIpc) is 3.08. The lowest BCUT2D eigenvalue weighted by atomic mass is 10.2. The molecule has 30 heavy (non-hydrogen) atoms. The number of methoxy groups -OCH3 is 1. The van der Waals surface area contributed by atoms with Crippen molar-refractivity contribution in [3.8, 4) is 11.5 Å². The van der Waals surface area contributed by atoms with Crippen LogP contribution >= 0.6 is 11.8 Å². The number of carbonyl (C=O) groups is 2. The van der Waals surface area contributed by atoms with Crippen molar-refractivity contribution in [1.29, 1.82) is 0 Å². The molecule has 0 atom stereocenters. The molecular formula is C22H22N2O5S. The number of hydrogen-bond donors (Lipinski definition) is 1. The van der Waals surface area contributed by atoms with E-state index in [1.807, 2.05) is 19.1 Å². The number of hydrogen-bond acceptors (Lipinski definition) is 7. The number of benzene rings is 2. The van der Waals surface area contributed by atoms with Gasteiger partial charge in [0, 0.05) is 0 Å². The Morgan fingerprint density at radius 2 is 1.87 bits per heavy atom. The Morgan fingerprint density at radius 1 is 1.10 bits per heavy atom. The maximum Gasteiger partial charge on any atom is 0.338 e. The van der Waals surface area contributed by atoms with Crippen molar-refractivity contribution in [1.82, 2.24) is 5.32 Å². The van der Waals surface area contributed by atoms with Crippen molar-refractivity contribution in [2.45, 2.75) is 13.8 Å². The van der Waals surface area contributed by atoms with Gasteiger partial charge in [-0.15, -0.1) is 0 Å². The van der Waals surface area contributed by atoms with Crippen molar-refractivity contribution >= 4 is 40.6 Å². The van der Waals surface area contributed by atoms with Crippen molar-refractivity contribution in [3.63, 3.8) is 0 Å². The fourth-order valence-electron chi connectivity index (χ4n) is 2.69. The maximum atomic E-state index is 12.3. The van der Waals surface area contributed by atoms with Crippen molar-refractivity contribution in [3.05, 3.63) is 58.5 Å².